The van der Waals surface area contributed by atoms with Gasteiger partial charge in [0.2, 0.25) is 11.8 Å². The van der Waals surface area contributed by atoms with E-state index in [9.17, 15) is 9.59 Å². The Balaban J connectivity index is 1.76. The van der Waals surface area contributed by atoms with Gasteiger partial charge in [-0.3, -0.25) is 9.59 Å². The molecule has 0 atom stereocenters. The quantitative estimate of drug-likeness (QED) is 0.725. The Morgan fingerprint density at radius 2 is 1.80 bits per heavy atom. The lowest BCUT2D eigenvalue weighted by Crippen LogP contribution is -2.36. The van der Waals surface area contributed by atoms with Gasteiger partial charge in [-0.1, -0.05) is 17.7 Å². The standard InChI is InChI=1S/C19H27ClN2O3/c1-13-4-9-16(12-17(13)20)22-19(24)15-7-5-14(6-8-15)18(23)21-10-3-11-25-2/h4,9,12,14-15H,3,5-8,10-11H2,1-2H3,(H,21,23)(H,22,24). The first kappa shape index (κ1) is 19.7. The molecule has 0 aromatic heterocycles. The van der Waals surface area contributed by atoms with Crippen LogP contribution < -0.4 is 10.6 Å². The molecule has 0 spiro atoms. The third-order valence-corrected chi connectivity index (χ3v) is 5.14. The fourth-order valence-electron chi connectivity index (χ4n) is 3.11. The molecular weight excluding hydrogens is 340 g/mol. The second-order valence-corrected chi connectivity index (χ2v) is 7.05. The van der Waals surface area contributed by atoms with Gasteiger partial charge in [-0.05, 0) is 56.7 Å². The number of amides is 2. The molecule has 1 aromatic carbocycles. The minimum Gasteiger partial charge on any atom is -0.385 e. The van der Waals surface area contributed by atoms with E-state index < -0.39 is 0 Å². The molecule has 138 valence electrons. The summed E-state index contributed by atoms with van der Waals surface area (Å²) in [6.45, 7) is 3.22. The lowest BCUT2D eigenvalue weighted by molar-refractivity contribution is -0.128. The third-order valence-electron chi connectivity index (χ3n) is 4.73. The first-order chi connectivity index (χ1) is 12.0. The molecule has 1 aliphatic rings. The number of carbonyl (C=O) groups is 2. The largest absolute Gasteiger partial charge is 0.385 e. The minimum atomic E-state index is -0.0439. The SMILES string of the molecule is COCCCNC(=O)C1CCC(C(=O)Nc2ccc(C)c(Cl)c2)CC1. The number of carbonyl (C=O) groups excluding carboxylic acids is 2. The van der Waals surface area contributed by atoms with Gasteiger partial charge in [-0.15, -0.1) is 0 Å². The molecule has 1 saturated carbocycles. The Morgan fingerprint density at radius 1 is 1.16 bits per heavy atom. The van der Waals surface area contributed by atoms with Crippen LogP contribution in [0.4, 0.5) is 5.69 Å². The van der Waals surface area contributed by atoms with Gasteiger partial charge < -0.3 is 15.4 Å². The monoisotopic (exact) mass is 366 g/mol. The van der Waals surface area contributed by atoms with Crippen molar-refractivity contribution in [3.05, 3.63) is 28.8 Å². The van der Waals surface area contributed by atoms with Gasteiger partial charge in [-0.25, -0.2) is 0 Å². The summed E-state index contributed by atoms with van der Waals surface area (Å²) in [5, 5.41) is 6.53. The predicted octanol–water partition coefficient (Wildman–Crippen LogP) is 3.55. The van der Waals surface area contributed by atoms with Gasteiger partial charge in [0.15, 0.2) is 0 Å². The first-order valence-electron chi connectivity index (χ1n) is 8.85. The maximum atomic E-state index is 12.4. The normalized spacial score (nSPS) is 20.1. The smallest absolute Gasteiger partial charge is 0.227 e. The van der Waals surface area contributed by atoms with Crippen LogP contribution in [0.15, 0.2) is 18.2 Å². The second kappa shape index (κ2) is 9.78. The van der Waals surface area contributed by atoms with Gasteiger partial charge in [0.1, 0.15) is 0 Å². The lowest BCUT2D eigenvalue weighted by atomic mass is 9.81. The molecule has 0 radical (unpaired) electrons. The topological polar surface area (TPSA) is 67.4 Å². The number of aryl methyl sites for hydroxylation is 1. The van der Waals surface area contributed by atoms with Crippen LogP contribution in [0, 0.1) is 18.8 Å². The third kappa shape index (κ3) is 6.01. The molecule has 5 nitrogen and oxygen atoms in total. The molecule has 0 saturated heterocycles. The zero-order valence-corrected chi connectivity index (χ0v) is 15.7. The summed E-state index contributed by atoms with van der Waals surface area (Å²) in [5.41, 5.74) is 1.70. The summed E-state index contributed by atoms with van der Waals surface area (Å²) in [6.07, 6.45) is 3.80. The van der Waals surface area contributed by atoms with Crippen molar-refractivity contribution in [3.63, 3.8) is 0 Å². The van der Waals surface area contributed by atoms with Crippen molar-refractivity contribution in [2.45, 2.75) is 39.0 Å². The number of hydrogen-bond donors (Lipinski definition) is 2. The van der Waals surface area contributed by atoms with Crippen LogP contribution in [-0.4, -0.2) is 32.1 Å². The van der Waals surface area contributed by atoms with E-state index in [2.05, 4.69) is 10.6 Å². The molecular formula is C19H27ClN2O3. The highest BCUT2D eigenvalue weighted by atomic mass is 35.5. The van der Waals surface area contributed by atoms with Crippen molar-refractivity contribution in [1.29, 1.82) is 0 Å². The molecule has 1 aliphatic carbocycles. The molecule has 6 heteroatoms. The van der Waals surface area contributed by atoms with Crippen molar-refractivity contribution in [2.75, 3.05) is 25.6 Å². The van der Waals surface area contributed by atoms with E-state index in [1.807, 2.05) is 19.1 Å². The van der Waals surface area contributed by atoms with Crippen LogP contribution in [0.25, 0.3) is 0 Å². The molecule has 0 heterocycles. The molecule has 0 aliphatic heterocycles. The summed E-state index contributed by atoms with van der Waals surface area (Å²) in [6, 6.07) is 5.52. The molecule has 2 N–H and O–H groups in total. The van der Waals surface area contributed by atoms with Gasteiger partial charge in [0, 0.05) is 42.8 Å². The zero-order chi connectivity index (χ0) is 18.2. The summed E-state index contributed by atoms with van der Waals surface area (Å²) in [5.74, 6) is 0.0807. The Hall–Kier alpha value is -1.59. The molecule has 25 heavy (non-hydrogen) atoms. The predicted molar refractivity (Wildman–Crippen MR) is 99.8 cm³/mol. The summed E-state index contributed by atoms with van der Waals surface area (Å²) >= 11 is 6.09. The number of ether oxygens (including phenoxy) is 1. The summed E-state index contributed by atoms with van der Waals surface area (Å²) in [7, 11) is 1.65. The van der Waals surface area contributed by atoms with Crippen molar-refractivity contribution in [3.8, 4) is 0 Å². The maximum absolute atomic E-state index is 12.4. The number of anilines is 1. The van der Waals surface area contributed by atoms with Gasteiger partial charge in [0.25, 0.3) is 0 Å². The average molecular weight is 367 g/mol. The zero-order valence-electron chi connectivity index (χ0n) is 14.9. The van der Waals surface area contributed by atoms with E-state index in [1.165, 1.54) is 0 Å². The highest BCUT2D eigenvalue weighted by Gasteiger charge is 2.29. The molecule has 0 bridgehead atoms. The fourth-order valence-corrected chi connectivity index (χ4v) is 3.29. The van der Waals surface area contributed by atoms with Crippen molar-refractivity contribution in [2.24, 2.45) is 11.8 Å². The molecule has 1 aromatic rings. The van der Waals surface area contributed by atoms with E-state index in [0.29, 0.717) is 18.2 Å². The molecule has 0 unspecified atom stereocenters. The Bertz CT molecular complexity index is 598. The summed E-state index contributed by atoms with van der Waals surface area (Å²) in [4.78, 5) is 24.5. The van der Waals surface area contributed by atoms with Crippen molar-refractivity contribution >= 4 is 29.1 Å². The van der Waals surface area contributed by atoms with Gasteiger partial charge in [0.05, 0.1) is 0 Å². The Kier molecular flexibility index (Phi) is 7.72. The highest BCUT2D eigenvalue weighted by Crippen LogP contribution is 2.30. The van der Waals surface area contributed by atoms with Crippen LogP contribution in [-0.2, 0) is 14.3 Å². The van der Waals surface area contributed by atoms with E-state index in [-0.39, 0.29) is 23.7 Å². The molecule has 2 rings (SSSR count). The lowest BCUT2D eigenvalue weighted by Gasteiger charge is -2.27. The van der Waals surface area contributed by atoms with E-state index in [1.54, 1.807) is 13.2 Å². The van der Waals surface area contributed by atoms with Gasteiger partial charge >= 0.3 is 0 Å². The van der Waals surface area contributed by atoms with E-state index >= 15 is 0 Å². The number of methoxy groups -OCH3 is 1. The van der Waals surface area contributed by atoms with Crippen molar-refractivity contribution < 1.29 is 14.3 Å². The number of nitrogens with one attached hydrogen (secondary N) is 2. The Morgan fingerprint density at radius 3 is 2.40 bits per heavy atom. The minimum absolute atomic E-state index is 0.0128. The van der Waals surface area contributed by atoms with Crippen LogP contribution in [0.1, 0.15) is 37.7 Å². The maximum Gasteiger partial charge on any atom is 0.227 e. The van der Waals surface area contributed by atoms with E-state index in [4.69, 9.17) is 16.3 Å². The first-order valence-corrected chi connectivity index (χ1v) is 9.22. The number of benzene rings is 1. The number of halogens is 1. The van der Waals surface area contributed by atoms with Crippen LogP contribution in [0.3, 0.4) is 0 Å². The highest BCUT2D eigenvalue weighted by molar-refractivity contribution is 6.31. The van der Waals surface area contributed by atoms with E-state index in [0.717, 1.165) is 43.4 Å². The van der Waals surface area contributed by atoms with Crippen LogP contribution in [0.2, 0.25) is 5.02 Å². The van der Waals surface area contributed by atoms with Crippen molar-refractivity contribution in [1.82, 2.24) is 5.32 Å². The van der Waals surface area contributed by atoms with Crippen LogP contribution in [0.5, 0.6) is 0 Å². The number of rotatable bonds is 7. The second-order valence-electron chi connectivity index (χ2n) is 6.64. The molecule has 2 amide bonds. The number of hydrogen-bond acceptors (Lipinski definition) is 3. The summed E-state index contributed by atoms with van der Waals surface area (Å²) < 4.78 is 4.97. The fraction of sp³-hybridized carbons (Fsp3) is 0.579. The molecule has 1 fully saturated rings. The Labute approximate surface area is 154 Å². The average Bonchev–Trinajstić information content (AvgIpc) is 2.62. The van der Waals surface area contributed by atoms with Crippen LogP contribution >= 0.6 is 11.6 Å². The van der Waals surface area contributed by atoms with Gasteiger partial charge in [-0.2, -0.15) is 0 Å².